The predicted octanol–water partition coefficient (Wildman–Crippen LogP) is 2.93. The zero-order valence-electron chi connectivity index (χ0n) is 12.3. The highest BCUT2D eigenvalue weighted by molar-refractivity contribution is 7.92. The molecule has 21 heavy (non-hydrogen) atoms. The molecule has 2 N–H and O–H groups in total. The lowest BCUT2D eigenvalue weighted by atomic mass is 10.1. The van der Waals surface area contributed by atoms with Crippen LogP contribution in [0.3, 0.4) is 0 Å². The second kappa shape index (κ2) is 6.13. The summed E-state index contributed by atoms with van der Waals surface area (Å²) in [6.07, 6.45) is 2.92. The van der Waals surface area contributed by atoms with E-state index in [-0.39, 0.29) is 4.90 Å². The summed E-state index contributed by atoms with van der Waals surface area (Å²) < 4.78 is 27.8. The molecule has 1 aromatic carbocycles. The van der Waals surface area contributed by atoms with Crippen LogP contribution < -0.4 is 10.0 Å². The molecule has 1 aromatic heterocycles. The van der Waals surface area contributed by atoms with Crippen LogP contribution in [0.1, 0.15) is 18.1 Å². The molecule has 0 saturated heterocycles. The van der Waals surface area contributed by atoms with Gasteiger partial charge in [-0.2, -0.15) is 0 Å². The molecule has 1 heterocycles. The van der Waals surface area contributed by atoms with Crippen molar-refractivity contribution in [2.45, 2.75) is 25.7 Å². The number of rotatable bonds is 5. The number of pyridine rings is 1. The quantitative estimate of drug-likeness (QED) is 0.891. The number of anilines is 2. The fraction of sp³-hybridized carbons (Fsp3) is 0.267. The molecule has 0 spiro atoms. The minimum Gasteiger partial charge on any atom is -0.384 e. The van der Waals surface area contributed by atoms with Crippen LogP contribution in [0.5, 0.6) is 0 Å². The molecule has 112 valence electrons. The highest BCUT2D eigenvalue weighted by Crippen LogP contribution is 2.24. The van der Waals surface area contributed by atoms with Crippen molar-refractivity contribution < 1.29 is 8.42 Å². The fourth-order valence-electron chi connectivity index (χ4n) is 1.98. The van der Waals surface area contributed by atoms with Crippen LogP contribution in [0.25, 0.3) is 0 Å². The van der Waals surface area contributed by atoms with Gasteiger partial charge in [0.05, 0.1) is 11.4 Å². The highest BCUT2D eigenvalue weighted by Gasteiger charge is 2.19. The van der Waals surface area contributed by atoms with E-state index in [2.05, 4.69) is 15.0 Å². The Morgan fingerprint density at radius 2 is 1.90 bits per heavy atom. The average molecular weight is 305 g/mol. The maximum Gasteiger partial charge on any atom is 0.265 e. The summed E-state index contributed by atoms with van der Waals surface area (Å²) in [4.78, 5) is 4.06. The van der Waals surface area contributed by atoms with E-state index in [4.69, 9.17) is 0 Å². The molecule has 2 rings (SSSR count). The zero-order chi connectivity index (χ0) is 15.5. The molecule has 0 aliphatic rings. The monoisotopic (exact) mass is 305 g/mol. The van der Waals surface area contributed by atoms with E-state index in [1.165, 1.54) is 6.20 Å². The normalized spacial score (nSPS) is 11.2. The molecular formula is C15H19N3O2S. The first kappa shape index (κ1) is 15.3. The number of hydrogen-bond acceptors (Lipinski definition) is 4. The second-order valence-corrected chi connectivity index (χ2v) is 6.48. The van der Waals surface area contributed by atoms with Crippen molar-refractivity contribution >= 4 is 21.4 Å². The van der Waals surface area contributed by atoms with Crippen LogP contribution in [0.4, 0.5) is 11.4 Å². The lowest BCUT2D eigenvalue weighted by Crippen LogP contribution is -2.16. The van der Waals surface area contributed by atoms with E-state index in [0.29, 0.717) is 17.9 Å². The van der Waals surface area contributed by atoms with Crippen LogP contribution in [-0.4, -0.2) is 19.9 Å². The Labute approximate surface area is 125 Å². The minimum atomic E-state index is -3.68. The van der Waals surface area contributed by atoms with Crippen molar-refractivity contribution in [1.82, 2.24) is 4.98 Å². The molecule has 5 nitrogen and oxygen atoms in total. The maximum atomic E-state index is 12.6. The van der Waals surface area contributed by atoms with E-state index in [1.54, 1.807) is 12.3 Å². The Morgan fingerprint density at radius 1 is 1.14 bits per heavy atom. The number of aromatic nitrogens is 1. The van der Waals surface area contributed by atoms with Gasteiger partial charge in [-0.15, -0.1) is 0 Å². The van der Waals surface area contributed by atoms with Gasteiger partial charge in [-0.3, -0.25) is 9.71 Å². The fourth-order valence-corrected chi connectivity index (χ4v) is 3.22. The number of nitrogens with zero attached hydrogens (tertiary/aromatic N) is 1. The lowest BCUT2D eigenvalue weighted by molar-refractivity contribution is 0.601. The van der Waals surface area contributed by atoms with Crippen LogP contribution in [-0.2, 0) is 10.0 Å². The summed E-state index contributed by atoms with van der Waals surface area (Å²) >= 11 is 0. The topological polar surface area (TPSA) is 71.1 Å². The smallest absolute Gasteiger partial charge is 0.265 e. The molecule has 2 aromatic rings. The number of benzene rings is 1. The predicted molar refractivity (Wildman–Crippen MR) is 85.1 cm³/mol. The number of sulfonamides is 1. The maximum absolute atomic E-state index is 12.6. The van der Waals surface area contributed by atoms with Gasteiger partial charge in [-0.05, 0) is 44.0 Å². The summed E-state index contributed by atoms with van der Waals surface area (Å²) in [7, 11) is -3.68. The van der Waals surface area contributed by atoms with E-state index < -0.39 is 10.0 Å². The molecule has 0 aliphatic carbocycles. The minimum absolute atomic E-state index is 0.146. The molecule has 0 saturated carbocycles. The van der Waals surface area contributed by atoms with Crippen LogP contribution >= 0.6 is 0 Å². The molecule has 0 atom stereocenters. The number of hydrogen-bond donors (Lipinski definition) is 2. The van der Waals surface area contributed by atoms with Gasteiger partial charge in [0.15, 0.2) is 0 Å². The second-order valence-electron chi connectivity index (χ2n) is 4.83. The Hall–Kier alpha value is -2.08. The Balaban J connectivity index is 2.41. The third-order valence-corrected chi connectivity index (χ3v) is 4.47. The van der Waals surface area contributed by atoms with Crippen molar-refractivity contribution in [2.24, 2.45) is 0 Å². The van der Waals surface area contributed by atoms with Crippen molar-refractivity contribution in [3.63, 3.8) is 0 Å². The highest BCUT2D eigenvalue weighted by atomic mass is 32.2. The lowest BCUT2D eigenvalue weighted by Gasteiger charge is -2.14. The Kier molecular flexibility index (Phi) is 4.47. The molecule has 6 heteroatoms. The third kappa shape index (κ3) is 3.52. The largest absolute Gasteiger partial charge is 0.384 e. The summed E-state index contributed by atoms with van der Waals surface area (Å²) in [6.45, 7) is 6.34. The summed E-state index contributed by atoms with van der Waals surface area (Å²) in [6, 6.07) is 7.31. The molecule has 0 fully saturated rings. The first-order valence-electron chi connectivity index (χ1n) is 6.72. The van der Waals surface area contributed by atoms with Crippen molar-refractivity contribution in [1.29, 1.82) is 0 Å². The molecular weight excluding hydrogens is 286 g/mol. The molecule has 0 aliphatic heterocycles. The Bertz CT molecular complexity index is 742. The Morgan fingerprint density at radius 3 is 2.62 bits per heavy atom. The van der Waals surface area contributed by atoms with Crippen LogP contribution in [0, 0.1) is 13.8 Å². The van der Waals surface area contributed by atoms with Gasteiger partial charge < -0.3 is 5.32 Å². The summed E-state index contributed by atoms with van der Waals surface area (Å²) in [5, 5.41) is 3.03. The molecule has 0 radical (unpaired) electrons. The SMILES string of the molecule is CCNc1ccncc1S(=O)(=O)Nc1cc(C)ccc1C. The zero-order valence-corrected chi connectivity index (χ0v) is 13.2. The van der Waals surface area contributed by atoms with Crippen LogP contribution in [0.15, 0.2) is 41.6 Å². The van der Waals surface area contributed by atoms with Gasteiger partial charge in [0.1, 0.15) is 4.90 Å². The van der Waals surface area contributed by atoms with E-state index >= 15 is 0 Å². The first-order valence-corrected chi connectivity index (χ1v) is 8.20. The van der Waals surface area contributed by atoms with Gasteiger partial charge in [0.2, 0.25) is 0 Å². The van der Waals surface area contributed by atoms with Crippen molar-refractivity contribution in [2.75, 3.05) is 16.6 Å². The number of nitrogens with one attached hydrogen (secondary N) is 2. The van der Waals surface area contributed by atoms with Gasteiger partial charge in [-0.1, -0.05) is 12.1 Å². The van der Waals surface area contributed by atoms with Gasteiger partial charge >= 0.3 is 0 Å². The first-order chi connectivity index (χ1) is 9.94. The van der Waals surface area contributed by atoms with Crippen molar-refractivity contribution in [3.05, 3.63) is 47.8 Å². The molecule has 0 unspecified atom stereocenters. The molecule has 0 bridgehead atoms. The van der Waals surface area contributed by atoms with E-state index in [9.17, 15) is 8.42 Å². The van der Waals surface area contributed by atoms with Gasteiger partial charge in [0.25, 0.3) is 10.0 Å². The van der Waals surface area contributed by atoms with E-state index in [1.807, 2.05) is 39.0 Å². The number of aryl methyl sites for hydroxylation is 2. The van der Waals surface area contributed by atoms with Crippen molar-refractivity contribution in [3.8, 4) is 0 Å². The summed E-state index contributed by atoms with van der Waals surface area (Å²) in [5.41, 5.74) is 3.00. The van der Waals surface area contributed by atoms with E-state index in [0.717, 1.165) is 11.1 Å². The standard InChI is InChI=1S/C15H19N3O2S/c1-4-17-13-7-8-16-10-15(13)21(19,20)18-14-9-11(2)5-6-12(14)3/h5-10,18H,4H2,1-3H3,(H,16,17). The summed E-state index contributed by atoms with van der Waals surface area (Å²) in [5.74, 6) is 0. The average Bonchev–Trinajstić information content (AvgIpc) is 2.43. The van der Waals surface area contributed by atoms with Gasteiger partial charge in [0, 0.05) is 18.9 Å². The van der Waals surface area contributed by atoms with Gasteiger partial charge in [-0.25, -0.2) is 8.42 Å². The third-order valence-electron chi connectivity index (χ3n) is 3.08. The molecule has 0 amide bonds. The van der Waals surface area contributed by atoms with Crippen LogP contribution in [0.2, 0.25) is 0 Å².